The Hall–Kier alpha value is -0.570. The van der Waals surface area contributed by atoms with Crippen LogP contribution in [-0.4, -0.2) is 35.6 Å². The van der Waals surface area contributed by atoms with Gasteiger partial charge in [0.25, 0.3) is 0 Å². The first-order valence-corrected chi connectivity index (χ1v) is 4.62. The molecule has 1 fully saturated rings. The summed E-state index contributed by atoms with van der Waals surface area (Å²) in [4.78, 5) is 12.5. The van der Waals surface area contributed by atoms with Crippen molar-refractivity contribution in [1.29, 1.82) is 0 Å². The molecule has 0 aromatic carbocycles. The maximum atomic E-state index is 10.2. The molecular formula is C9H17NO2. The van der Waals surface area contributed by atoms with Gasteiger partial charge in [-0.3, -0.25) is 4.79 Å². The fourth-order valence-electron chi connectivity index (χ4n) is 1.34. The highest BCUT2D eigenvalue weighted by molar-refractivity contribution is 5.66. The Morgan fingerprint density at radius 2 is 2.17 bits per heavy atom. The number of nitrogens with zero attached hydrogens (tertiary/aromatic N) is 1. The van der Waals surface area contributed by atoms with Crippen LogP contribution in [0.3, 0.4) is 0 Å². The molecule has 70 valence electrons. The SMILES string of the molecule is CN(CCCCC(=O)O)C1CC1. The molecule has 1 rings (SSSR count). The van der Waals surface area contributed by atoms with E-state index in [0.717, 1.165) is 25.4 Å². The van der Waals surface area contributed by atoms with Gasteiger partial charge in [0, 0.05) is 12.5 Å². The van der Waals surface area contributed by atoms with Crippen molar-refractivity contribution in [3.63, 3.8) is 0 Å². The number of hydrogen-bond acceptors (Lipinski definition) is 2. The lowest BCUT2D eigenvalue weighted by Gasteiger charge is -2.14. The average molecular weight is 171 g/mol. The average Bonchev–Trinajstić information content (AvgIpc) is 2.79. The topological polar surface area (TPSA) is 40.5 Å². The van der Waals surface area contributed by atoms with Crippen LogP contribution in [0.2, 0.25) is 0 Å². The lowest BCUT2D eigenvalue weighted by molar-refractivity contribution is -0.137. The molecule has 0 bridgehead atoms. The standard InChI is InChI=1S/C9H17NO2/c1-10(8-5-6-8)7-3-2-4-9(11)12/h8H,2-7H2,1H3,(H,11,12). The van der Waals surface area contributed by atoms with E-state index >= 15 is 0 Å². The van der Waals surface area contributed by atoms with Crippen molar-refractivity contribution in [2.45, 2.75) is 38.1 Å². The highest BCUT2D eigenvalue weighted by Gasteiger charge is 2.25. The molecule has 0 radical (unpaired) electrons. The summed E-state index contributed by atoms with van der Waals surface area (Å²) in [6, 6.07) is 0.801. The number of carboxylic acid groups (broad SMARTS) is 1. The normalized spacial score (nSPS) is 16.8. The minimum Gasteiger partial charge on any atom is -0.481 e. The van der Waals surface area contributed by atoms with E-state index in [9.17, 15) is 4.79 Å². The van der Waals surface area contributed by atoms with Gasteiger partial charge in [0.2, 0.25) is 0 Å². The Morgan fingerprint density at radius 3 is 2.67 bits per heavy atom. The molecule has 0 amide bonds. The summed E-state index contributed by atoms with van der Waals surface area (Å²) in [5, 5.41) is 8.39. The van der Waals surface area contributed by atoms with Crippen LogP contribution in [0.1, 0.15) is 32.1 Å². The highest BCUT2D eigenvalue weighted by atomic mass is 16.4. The van der Waals surface area contributed by atoms with Crippen LogP contribution in [0.15, 0.2) is 0 Å². The van der Waals surface area contributed by atoms with E-state index < -0.39 is 5.97 Å². The van der Waals surface area contributed by atoms with Gasteiger partial charge in [-0.15, -0.1) is 0 Å². The summed E-state index contributed by atoms with van der Waals surface area (Å²) in [5.74, 6) is -0.677. The second kappa shape index (κ2) is 4.45. The van der Waals surface area contributed by atoms with Crippen molar-refractivity contribution in [3.05, 3.63) is 0 Å². The van der Waals surface area contributed by atoms with Crippen LogP contribution < -0.4 is 0 Å². The molecular weight excluding hydrogens is 154 g/mol. The number of carboxylic acids is 1. The van der Waals surface area contributed by atoms with E-state index in [1.807, 2.05) is 0 Å². The minimum atomic E-state index is -0.677. The van der Waals surface area contributed by atoms with E-state index in [1.165, 1.54) is 12.8 Å². The Labute approximate surface area is 73.4 Å². The summed E-state index contributed by atoms with van der Waals surface area (Å²) in [5.41, 5.74) is 0. The predicted molar refractivity (Wildman–Crippen MR) is 47.1 cm³/mol. The number of unbranched alkanes of at least 4 members (excludes halogenated alkanes) is 1. The van der Waals surface area contributed by atoms with E-state index in [2.05, 4.69) is 11.9 Å². The quantitative estimate of drug-likeness (QED) is 0.613. The molecule has 1 saturated carbocycles. The molecule has 0 aromatic rings. The first kappa shape index (κ1) is 9.52. The van der Waals surface area contributed by atoms with Crippen molar-refractivity contribution >= 4 is 5.97 Å². The molecule has 0 aromatic heterocycles. The molecule has 12 heavy (non-hydrogen) atoms. The molecule has 3 heteroatoms. The van der Waals surface area contributed by atoms with E-state index in [4.69, 9.17) is 5.11 Å². The number of aliphatic carboxylic acids is 1. The van der Waals surface area contributed by atoms with Crippen LogP contribution in [-0.2, 0) is 4.79 Å². The molecule has 0 heterocycles. The lowest BCUT2D eigenvalue weighted by Crippen LogP contribution is -2.21. The zero-order valence-corrected chi connectivity index (χ0v) is 7.62. The first-order valence-electron chi connectivity index (χ1n) is 4.62. The molecule has 0 unspecified atom stereocenters. The zero-order valence-electron chi connectivity index (χ0n) is 7.62. The van der Waals surface area contributed by atoms with Gasteiger partial charge in [-0.05, 0) is 39.3 Å². The van der Waals surface area contributed by atoms with Crippen molar-refractivity contribution in [2.75, 3.05) is 13.6 Å². The molecule has 0 atom stereocenters. The van der Waals surface area contributed by atoms with Crippen molar-refractivity contribution in [3.8, 4) is 0 Å². The van der Waals surface area contributed by atoms with Crippen LogP contribution >= 0.6 is 0 Å². The maximum Gasteiger partial charge on any atom is 0.303 e. The highest BCUT2D eigenvalue weighted by Crippen LogP contribution is 2.25. The molecule has 1 aliphatic carbocycles. The monoisotopic (exact) mass is 171 g/mol. The summed E-state index contributed by atoms with van der Waals surface area (Å²) in [7, 11) is 2.12. The Morgan fingerprint density at radius 1 is 1.50 bits per heavy atom. The lowest BCUT2D eigenvalue weighted by atomic mass is 10.2. The molecule has 3 nitrogen and oxygen atoms in total. The van der Waals surface area contributed by atoms with E-state index in [0.29, 0.717) is 6.42 Å². The van der Waals surface area contributed by atoms with Gasteiger partial charge in [-0.2, -0.15) is 0 Å². The first-order chi connectivity index (χ1) is 5.70. The van der Waals surface area contributed by atoms with E-state index in [1.54, 1.807) is 0 Å². The van der Waals surface area contributed by atoms with Gasteiger partial charge < -0.3 is 10.0 Å². The van der Waals surface area contributed by atoms with Crippen molar-refractivity contribution < 1.29 is 9.90 Å². The Balaban J connectivity index is 1.90. The Bertz CT molecular complexity index is 155. The second-order valence-electron chi connectivity index (χ2n) is 3.56. The van der Waals surface area contributed by atoms with Gasteiger partial charge in [0.15, 0.2) is 0 Å². The van der Waals surface area contributed by atoms with Crippen molar-refractivity contribution in [1.82, 2.24) is 4.90 Å². The molecule has 0 saturated heterocycles. The smallest absolute Gasteiger partial charge is 0.303 e. The molecule has 1 N–H and O–H groups in total. The predicted octanol–water partition coefficient (Wildman–Crippen LogP) is 1.34. The van der Waals surface area contributed by atoms with Crippen molar-refractivity contribution in [2.24, 2.45) is 0 Å². The molecule has 0 spiro atoms. The Kier molecular flexibility index (Phi) is 3.53. The molecule has 1 aliphatic rings. The number of hydrogen-bond donors (Lipinski definition) is 1. The third-order valence-corrected chi connectivity index (χ3v) is 2.32. The van der Waals surface area contributed by atoms with Gasteiger partial charge in [0.1, 0.15) is 0 Å². The second-order valence-corrected chi connectivity index (χ2v) is 3.56. The van der Waals surface area contributed by atoms with Gasteiger partial charge in [0.05, 0.1) is 0 Å². The van der Waals surface area contributed by atoms with Crippen LogP contribution in [0.5, 0.6) is 0 Å². The minimum absolute atomic E-state index is 0.318. The maximum absolute atomic E-state index is 10.2. The third-order valence-electron chi connectivity index (χ3n) is 2.32. The largest absolute Gasteiger partial charge is 0.481 e. The van der Waals surface area contributed by atoms with Crippen LogP contribution in [0.4, 0.5) is 0 Å². The van der Waals surface area contributed by atoms with E-state index in [-0.39, 0.29) is 0 Å². The molecule has 0 aliphatic heterocycles. The summed E-state index contributed by atoms with van der Waals surface area (Å²) < 4.78 is 0. The van der Waals surface area contributed by atoms with Gasteiger partial charge in [-0.25, -0.2) is 0 Å². The van der Waals surface area contributed by atoms with Gasteiger partial charge >= 0.3 is 5.97 Å². The summed E-state index contributed by atoms with van der Waals surface area (Å²) in [6.07, 6.45) is 4.80. The van der Waals surface area contributed by atoms with Gasteiger partial charge in [-0.1, -0.05) is 0 Å². The summed E-state index contributed by atoms with van der Waals surface area (Å²) in [6.45, 7) is 1.05. The summed E-state index contributed by atoms with van der Waals surface area (Å²) >= 11 is 0. The third kappa shape index (κ3) is 3.72. The fraction of sp³-hybridized carbons (Fsp3) is 0.889. The zero-order chi connectivity index (χ0) is 8.97. The number of rotatable bonds is 6. The van der Waals surface area contributed by atoms with Crippen LogP contribution in [0, 0.1) is 0 Å². The van der Waals surface area contributed by atoms with Crippen LogP contribution in [0.25, 0.3) is 0 Å². The number of carbonyl (C=O) groups is 1. The fourth-order valence-corrected chi connectivity index (χ4v) is 1.34.